The third-order valence-corrected chi connectivity index (χ3v) is 5.21. The molecule has 1 aliphatic rings. The molecule has 154 valence electrons. The molecule has 16 heteroatoms. The van der Waals surface area contributed by atoms with Crippen LogP contribution in [0.3, 0.4) is 0 Å². The number of hydrogen-bond donors (Lipinski definition) is 5. The summed E-state index contributed by atoms with van der Waals surface area (Å²) in [5, 5.41) is 0. The Kier molecular flexibility index (Phi) is 13.3. The molecule has 0 radical (unpaired) electrons. The van der Waals surface area contributed by atoms with Gasteiger partial charge in [-0.2, -0.15) is 12.1 Å². The summed E-state index contributed by atoms with van der Waals surface area (Å²) >= 11 is 0. The summed E-state index contributed by atoms with van der Waals surface area (Å²) in [6.45, 7) is 0. The first-order valence-electron chi connectivity index (χ1n) is 6.85. The summed E-state index contributed by atoms with van der Waals surface area (Å²) in [7, 11) is -14.3. The monoisotopic (exact) mass is 605 g/mol. The van der Waals surface area contributed by atoms with Crippen molar-refractivity contribution in [2.45, 2.75) is 37.8 Å². The maximum absolute atomic E-state index is 10.5. The summed E-state index contributed by atoms with van der Waals surface area (Å²) in [5.74, 6) is 0. The molecule has 3 atom stereocenters. The van der Waals surface area contributed by atoms with Crippen molar-refractivity contribution in [2.75, 3.05) is 18.9 Å². The van der Waals surface area contributed by atoms with Crippen LogP contribution in [0.15, 0.2) is 0 Å². The van der Waals surface area contributed by atoms with Gasteiger partial charge in [-0.3, -0.25) is 14.0 Å². The van der Waals surface area contributed by atoms with Gasteiger partial charge in [0.15, 0.2) is 0 Å². The molecule has 25 heavy (non-hydrogen) atoms. The minimum atomic E-state index is -4.90. The van der Waals surface area contributed by atoms with Crippen molar-refractivity contribution < 1.29 is 64.1 Å². The maximum Gasteiger partial charge on any atom is 2.00 e. The maximum atomic E-state index is 10.5. The molecule has 0 aromatic carbocycles. The fraction of sp³-hybridized carbons (Fsp3) is 1.00. The van der Waals surface area contributed by atoms with Gasteiger partial charge in [-0.25, -0.2) is 0 Å². The molecule has 0 saturated heterocycles. The van der Waals surface area contributed by atoms with Gasteiger partial charge in [0.25, 0.3) is 0 Å². The van der Waals surface area contributed by atoms with E-state index in [2.05, 4.69) is 0 Å². The van der Waals surface area contributed by atoms with E-state index in [-0.39, 0.29) is 38.0 Å². The predicted molar refractivity (Wildman–Crippen MR) is 85.0 cm³/mol. The van der Waals surface area contributed by atoms with Crippen LogP contribution in [0.4, 0.5) is 0 Å². The van der Waals surface area contributed by atoms with Crippen LogP contribution in [0, 0.1) is 0 Å². The zero-order chi connectivity index (χ0) is 19.2. The van der Waals surface area contributed by atoms with E-state index in [0.29, 0.717) is 0 Å². The third-order valence-electron chi connectivity index (χ3n) is 2.91. The molecular weight excluding hydrogens is 582 g/mol. The summed E-state index contributed by atoms with van der Waals surface area (Å²) in [4.78, 5) is 53.3. The Morgan fingerprint density at radius 2 is 1.16 bits per heavy atom. The number of nitrogens with zero attached hydrogens (tertiary/aromatic N) is 1. The quantitative estimate of drug-likeness (QED) is 0.263. The first-order valence-corrected chi connectivity index (χ1v) is 12.2. The molecule has 0 aromatic heterocycles. The van der Waals surface area contributed by atoms with Crippen LogP contribution >= 0.6 is 22.8 Å². The van der Waals surface area contributed by atoms with E-state index < -0.39 is 41.6 Å². The van der Waals surface area contributed by atoms with Crippen LogP contribution in [0.1, 0.15) is 25.7 Å². The molecule has 0 aliphatic heterocycles. The Bertz CT molecular complexity index is 455. The van der Waals surface area contributed by atoms with Gasteiger partial charge in [-0.15, -0.1) is 0 Å². The van der Waals surface area contributed by atoms with Gasteiger partial charge < -0.3 is 45.4 Å². The molecule has 1 unspecified atom stereocenters. The third kappa shape index (κ3) is 18.2. The summed E-state index contributed by atoms with van der Waals surface area (Å²) < 4.78 is 31.5. The molecule has 0 heterocycles. The van der Waals surface area contributed by atoms with Crippen LogP contribution in [0.25, 0.3) is 11.5 Å². The van der Waals surface area contributed by atoms with Crippen molar-refractivity contribution in [2.24, 2.45) is 0 Å². The van der Waals surface area contributed by atoms with Crippen molar-refractivity contribution in [3.8, 4) is 0 Å². The van der Waals surface area contributed by atoms with E-state index in [1.807, 2.05) is 0 Å². The van der Waals surface area contributed by atoms with Crippen molar-refractivity contribution in [1.82, 2.24) is 4.90 Å². The molecule has 7 N–H and O–H groups in total. The zero-order valence-corrected chi connectivity index (χ0v) is 18.0. The molecule has 1 fully saturated rings. The van der Waals surface area contributed by atoms with E-state index in [0.717, 1.165) is 12.8 Å². The number of nitrogens with one attached hydrogen (secondary N) is 2. The van der Waals surface area contributed by atoms with Crippen molar-refractivity contribution in [1.29, 1.82) is 0 Å². The fourth-order valence-corrected chi connectivity index (χ4v) is 4.66. The average Bonchev–Trinajstić information content (AvgIpc) is 2.26. The van der Waals surface area contributed by atoms with Gasteiger partial charge in [0.1, 0.15) is 20.2 Å². The standard InChI is InChI=1S/C6H12N2.C3H12NO9P3.Pt/c7-5-3-1-2-4-6(5)8;5-14(6,7)1-4(2-15(8,9)10)3-16(11,12)13;/h5-8H,1-4H2;1-3H2,(H2,5,6,7)(H2,8,9,10)(H2,11,12,13);/q-2;;+2/p-1/t5-,6+;;. The zero-order valence-electron chi connectivity index (χ0n) is 13.1. The smallest absolute Gasteiger partial charge is 0.778 e. The van der Waals surface area contributed by atoms with E-state index in [1.54, 1.807) is 0 Å². The van der Waals surface area contributed by atoms with Crippen LogP contribution in [-0.4, -0.2) is 60.3 Å². The molecule has 1 saturated carbocycles. The second-order valence-electron chi connectivity index (χ2n) is 5.56. The molecule has 1 rings (SSSR count). The van der Waals surface area contributed by atoms with Gasteiger partial charge >= 0.3 is 36.3 Å². The Morgan fingerprint density at radius 1 is 0.840 bits per heavy atom. The minimum Gasteiger partial charge on any atom is -0.778 e. The normalized spacial score (nSPS) is 23.9. The Hall–Kier alpha value is 1.02. The van der Waals surface area contributed by atoms with Crippen molar-refractivity contribution in [3.63, 3.8) is 0 Å². The second kappa shape index (κ2) is 11.8. The van der Waals surface area contributed by atoms with Gasteiger partial charge in [0.05, 0.1) is 6.29 Å². The SMILES string of the molecule is O=P([O-])(O)CN(CP(=O)(O)O)CP(=O)(O)O.[NH-][C@@H]1CCCC[C@@H]1[NH-].[Pt+2]. The van der Waals surface area contributed by atoms with Crippen molar-refractivity contribution in [3.05, 3.63) is 11.5 Å². The van der Waals surface area contributed by atoms with E-state index in [9.17, 15) is 18.6 Å². The molecular formula is C9H23N3O9P3Pt-. The summed E-state index contributed by atoms with van der Waals surface area (Å²) in [6, 6.07) is -0.160. The predicted octanol–water partition coefficient (Wildman–Crippen LogP) is 0.461. The Labute approximate surface area is 160 Å². The van der Waals surface area contributed by atoms with Gasteiger partial charge in [0.2, 0.25) is 0 Å². The van der Waals surface area contributed by atoms with E-state index in [4.69, 9.17) is 35.9 Å². The van der Waals surface area contributed by atoms with Crippen molar-refractivity contribution >= 4 is 22.8 Å². The number of hydrogen-bond acceptors (Lipinski definition) is 5. The van der Waals surface area contributed by atoms with Gasteiger partial charge in [-0.1, -0.05) is 25.7 Å². The molecule has 1 aliphatic carbocycles. The largest absolute Gasteiger partial charge is 2.00 e. The van der Waals surface area contributed by atoms with Crippen LogP contribution in [0.2, 0.25) is 0 Å². The average molecular weight is 605 g/mol. The van der Waals surface area contributed by atoms with Crippen LogP contribution in [0.5, 0.6) is 0 Å². The van der Waals surface area contributed by atoms with Crippen LogP contribution < -0.4 is 4.89 Å². The Balaban J connectivity index is 0. The molecule has 0 aromatic rings. The summed E-state index contributed by atoms with van der Waals surface area (Å²) in [5.41, 5.74) is 14.6. The Morgan fingerprint density at radius 3 is 1.36 bits per heavy atom. The first-order chi connectivity index (χ1) is 10.6. The number of rotatable bonds is 6. The van der Waals surface area contributed by atoms with E-state index in [1.165, 1.54) is 12.8 Å². The van der Waals surface area contributed by atoms with Crippen LogP contribution in [-0.2, 0) is 34.8 Å². The van der Waals surface area contributed by atoms with E-state index >= 15 is 0 Å². The second-order valence-corrected chi connectivity index (χ2v) is 10.3. The molecule has 12 nitrogen and oxygen atoms in total. The van der Waals surface area contributed by atoms with Gasteiger partial charge in [-0.05, 0) is 0 Å². The first kappa shape index (κ1) is 28.2. The minimum absolute atomic E-state index is 0. The molecule has 0 spiro atoms. The summed E-state index contributed by atoms with van der Waals surface area (Å²) in [6.07, 6.45) is 0.647. The fourth-order valence-electron chi connectivity index (χ4n) is 2.04. The molecule has 0 amide bonds. The van der Waals surface area contributed by atoms with Gasteiger partial charge in [0, 0.05) is 0 Å². The molecule has 0 bridgehead atoms. The topological polar surface area (TPSA) is 226 Å².